The summed E-state index contributed by atoms with van der Waals surface area (Å²) in [6.45, 7) is 2.79. The molecular weight excluding hydrogens is 518 g/mol. The number of hydrogen-bond donors (Lipinski definition) is 2. The van der Waals surface area contributed by atoms with Crippen LogP contribution in [0.4, 0.5) is 4.79 Å². The molecule has 0 saturated carbocycles. The lowest BCUT2D eigenvalue weighted by Crippen LogP contribution is -2.51. The lowest BCUT2D eigenvalue weighted by atomic mass is 9.78. The number of fused-ring (bicyclic) bond motifs is 1. The molecule has 1 aliphatic rings. The minimum absolute atomic E-state index is 0.127. The second-order valence-electron chi connectivity index (χ2n) is 10.5. The molecule has 0 aliphatic carbocycles. The van der Waals surface area contributed by atoms with Crippen molar-refractivity contribution in [1.29, 1.82) is 0 Å². The number of aliphatic hydroxyl groups excluding tert-OH is 1. The second kappa shape index (κ2) is 14.2. The van der Waals surface area contributed by atoms with Gasteiger partial charge in [-0.15, -0.1) is 0 Å². The summed E-state index contributed by atoms with van der Waals surface area (Å²) >= 11 is 0. The van der Waals surface area contributed by atoms with Crippen molar-refractivity contribution in [1.82, 2.24) is 4.90 Å². The van der Waals surface area contributed by atoms with E-state index in [1.807, 2.05) is 72.8 Å². The van der Waals surface area contributed by atoms with Gasteiger partial charge in [-0.1, -0.05) is 91.0 Å². The topological polar surface area (TPSA) is 88.5 Å². The fourth-order valence-corrected chi connectivity index (χ4v) is 5.52. The van der Waals surface area contributed by atoms with E-state index in [1.54, 1.807) is 0 Å². The van der Waals surface area contributed by atoms with E-state index in [-0.39, 0.29) is 31.5 Å². The van der Waals surface area contributed by atoms with Gasteiger partial charge in [0.1, 0.15) is 0 Å². The van der Waals surface area contributed by atoms with Crippen molar-refractivity contribution in [2.45, 2.75) is 31.8 Å². The van der Waals surface area contributed by atoms with Crippen LogP contribution in [0.25, 0.3) is 10.8 Å². The first kappa shape index (κ1) is 28.8. The number of piperidine rings is 1. The number of ether oxygens (including phenoxy) is 3. The van der Waals surface area contributed by atoms with Gasteiger partial charge in [0.2, 0.25) is 0 Å². The normalized spacial score (nSPS) is 19.0. The third-order valence-corrected chi connectivity index (χ3v) is 7.66. The number of rotatable bonds is 12. The third kappa shape index (κ3) is 7.71. The highest BCUT2D eigenvalue weighted by molar-refractivity contribution is 5.82. The van der Waals surface area contributed by atoms with E-state index in [0.29, 0.717) is 33.0 Å². The van der Waals surface area contributed by atoms with Crippen molar-refractivity contribution in [2.24, 2.45) is 5.92 Å². The predicted octanol–water partition coefficient (Wildman–Crippen LogP) is 5.84. The molecule has 0 bridgehead atoms. The van der Waals surface area contributed by atoms with Crippen LogP contribution in [0, 0.1) is 5.92 Å². The molecule has 7 heteroatoms. The molecule has 3 atom stereocenters. The molecular formula is C34H37NO6. The fraction of sp³-hybridized carbons (Fsp3) is 0.324. The third-order valence-electron chi connectivity index (χ3n) is 7.66. The largest absolute Gasteiger partial charge is 0.465 e. The Hall–Kier alpha value is -3.75. The molecule has 1 amide bonds. The number of benzene rings is 4. The highest BCUT2D eigenvalue weighted by Crippen LogP contribution is 2.36. The van der Waals surface area contributed by atoms with Crippen molar-refractivity contribution in [2.75, 3.05) is 32.9 Å². The van der Waals surface area contributed by atoms with Crippen LogP contribution in [0.5, 0.6) is 0 Å². The molecule has 7 nitrogen and oxygen atoms in total. The van der Waals surface area contributed by atoms with E-state index in [0.717, 1.165) is 33.0 Å². The number of amides is 1. The van der Waals surface area contributed by atoms with Crippen molar-refractivity contribution >= 4 is 16.9 Å². The zero-order valence-electron chi connectivity index (χ0n) is 23.1. The van der Waals surface area contributed by atoms with Crippen molar-refractivity contribution in [3.8, 4) is 0 Å². The Morgan fingerprint density at radius 3 is 2.05 bits per heavy atom. The SMILES string of the molecule is O=C(O)N1CC(CO)C(c2ccc(COCCOCc3ccccc3)cc2)C(OCc2ccc3ccccc3c2)C1. The monoisotopic (exact) mass is 555 g/mol. The van der Waals surface area contributed by atoms with Crippen molar-refractivity contribution in [3.63, 3.8) is 0 Å². The molecule has 1 fully saturated rings. The molecule has 214 valence electrons. The maximum atomic E-state index is 11.9. The molecule has 1 aliphatic heterocycles. The molecule has 0 spiro atoms. The van der Waals surface area contributed by atoms with Gasteiger partial charge < -0.3 is 29.3 Å². The van der Waals surface area contributed by atoms with Gasteiger partial charge in [0.05, 0.1) is 45.7 Å². The first-order valence-corrected chi connectivity index (χ1v) is 14.1. The predicted molar refractivity (Wildman–Crippen MR) is 158 cm³/mol. The van der Waals surface area contributed by atoms with Crippen LogP contribution in [-0.2, 0) is 34.0 Å². The summed E-state index contributed by atoms with van der Waals surface area (Å²) in [5, 5.41) is 22.3. The molecule has 1 heterocycles. The molecule has 4 aromatic rings. The molecule has 0 aromatic heterocycles. The number of likely N-dealkylation sites (tertiary alicyclic amines) is 1. The first-order valence-electron chi connectivity index (χ1n) is 14.1. The second-order valence-corrected chi connectivity index (χ2v) is 10.5. The Bertz CT molecular complexity index is 1390. The van der Waals surface area contributed by atoms with Crippen LogP contribution >= 0.6 is 0 Å². The minimum Gasteiger partial charge on any atom is -0.465 e. The molecule has 3 unspecified atom stereocenters. The van der Waals surface area contributed by atoms with Crippen LogP contribution in [-0.4, -0.2) is 60.2 Å². The summed E-state index contributed by atoms with van der Waals surface area (Å²) in [5.74, 6) is -0.414. The fourth-order valence-electron chi connectivity index (χ4n) is 5.52. The lowest BCUT2D eigenvalue weighted by Gasteiger charge is -2.42. The number of aliphatic hydroxyl groups is 1. The summed E-state index contributed by atoms with van der Waals surface area (Å²) < 4.78 is 17.9. The molecule has 0 radical (unpaired) electrons. The maximum Gasteiger partial charge on any atom is 0.407 e. The molecule has 4 aromatic carbocycles. The van der Waals surface area contributed by atoms with Crippen LogP contribution in [0.3, 0.4) is 0 Å². The summed E-state index contributed by atoms with van der Waals surface area (Å²) in [5.41, 5.74) is 4.22. The molecule has 41 heavy (non-hydrogen) atoms. The van der Waals surface area contributed by atoms with E-state index < -0.39 is 12.2 Å². The maximum absolute atomic E-state index is 11.9. The van der Waals surface area contributed by atoms with Gasteiger partial charge in [-0.05, 0) is 39.1 Å². The van der Waals surface area contributed by atoms with E-state index in [9.17, 15) is 15.0 Å². The Labute approximate surface area is 240 Å². The number of hydrogen-bond acceptors (Lipinski definition) is 5. The van der Waals surface area contributed by atoms with Gasteiger partial charge >= 0.3 is 6.09 Å². The smallest absolute Gasteiger partial charge is 0.407 e. The molecule has 1 saturated heterocycles. The lowest BCUT2D eigenvalue weighted by molar-refractivity contribution is -0.0483. The molecule has 5 rings (SSSR count). The Balaban J connectivity index is 1.20. The zero-order chi connectivity index (χ0) is 28.4. The van der Waals surface area contributed by atoms with Gasteiger partial charge in [0.15, 0.2) is 0 Å². The van der Waals surface area contributed by atoms with Crippen LogP contribution in [0.2, 0.25) is 0 Å². The first-order chi connectivity index (χ1) is 20.1. The van der Waals surface area contributed by atoms with Gasteiger partial charge in [-0.3, -0.25) is 0 Å². The van der Waals surface area contributed by atoms with Crippen molar-refractivity contribution < 1.29 is 29.2 Å². The summed E-state index contributed by atoms with van der Waals surface area (Å²) in [6.07, 6.45) is -1.39. The van der Waals surface area contributed by atoms with Gasteiger partial charge in [0.25, 0.3) is 0 Å². The summed E-state index contributed by atoms with van der Waals surface area (Å²) in [6, 6.07) is 32.6. The highest BCUT2D eigenvalue weighted by atomic mass is 16.5. The highest BCUT2D eigenvalue weighted by Gasteiger charge is 2.40. The summed E-state index contributed by atoms with van der Waals surface area (Å²) in [7, 11) is 0. The van der Waals surface area contributed by atoms with Crippen LogP contribution < -0.4 is 0 Å². The van der Waals surface area contributed by atoms with Crippen LogP contribution in [0.1, 0.15) is 28.2 Å². The molecule has 2 N–H and O–H groups in total. The zero-order valence-corrected chi connectivity index (χ0v) is 23.1. The summed E-state index contributed by atoms with van der Waals surface area (Å²) in [4.78, 5) is 13.2. The van der Waals surface area contributed by atoms with E-state index in [4.69, 9.17) is 14.2 Å². The van der Waals surface area contributed by atoms with E-state index >= 15 is 0 Å². The van der Waals surface area contributed by atoms with Gasteiger partial charge in [-0.2, -0.15) is 0 Å². The van der Waals surface area contributed by atoms with Gasteiger partial charge in [-0.25, -0.2) is 4.79 Å². The number of nitrogens with zero attached hydrogens (tertiary/aromatic N) is 1. The quantitative estimate of drug-likeness (QED) is 0.214. The van der Waals surface area contributed by atoms with Crippen molar-refractivity contribution in [3.05, 3.63) is 119 Å². The van der Waals surface area contributed by atoms with E-state index in [2.05, 4.69) is 24.3 Å². The standard InChI is InChI=1S/C34H37NO6/c36-21-31-19-35(34(37)38)20-32(41-24-27-12-13-28-8-4-5-9-30(28)18-27)33(31)29-14-10-26(11-15-29)23-40-17-16-39-22-25-6-2-1-3-7-25/h1-15,18,31-33,36H,16-17,19-24H2,(H,37,38). The Morgan fingerprint density at radius 1 is 0.732 bits per heavy atom. The average Bonchev–Trinajstić information content (AvgIpc) is 3.02. The van der Waals surface area contributed by atoms with Crippen LogP contribution in [0.15, 0.2) is 97.1 Å². The average molecular weight is 556 g/mol. The van der Waals surface area contributed by atoms with E-state index in [1.165, 1.54) is 4.90 Å². The van der Waals surface area contributed by atoms with Gasteiger partial charge in [0, 0.05) is 25.0 Å². The number of carbonyl (C=O) groups is 1. The minimum atomic E-state index is -0.999. The number of carboxylic acid groups (broad SMARTS) is 1. The Morgan fingerprint density at radius 2 is 1.37 bits per heavy atom. The Kier molecular flexibility index (Phi) is 9.99.